The molecule has 0 saturated carbocycles. The molecule has 0 aliphatic rings. The van der Waals surface area contributed by atoms with Crippen molar-refractivity contribution in [1.82, 2.24) is 9.78 Å². The number of amides is 1. The average molecular weight is 324 g/mol. The number of para-hydroxylation sites is 1. The minimum Gasteiger partial charge on any atom is -0.324 e. The Hall–Kier alpha value is -2.94. The topological polar surface area (TPSA) is 87.8 Å². The number of carbonyl (C=O) groups is 1. The molecule has 124 valence electrons. The first kappa shape index (κ1) is 17.4. The largest absolute Gasteiger partial charge is 0.324 e. The van der Waals surface area contributed by atoms with Crippen LogP contribution in [-0.2, 0) is 11.3 Å². The van der Waals surface area contributed by atoms with E-state index in [0.29, 0.717) is 11.3 Å². The molecule has 0 bridgehead atoms. The van der Waals surface area contributed by atoms with Gasteiger partial charge in [0.1, 0.15) is 18.2 Å². The molecule has 2 rings (SSSR count). The molecule has 6 nitrogen and oxygen atoms in total. The summed E-state index contributed by atoms with van der Waals surface area (Å²) in [5, 5.41) is 16.1. The van der Waals surface area contributed by atoms with Gasteiger partial charge in [0, 0.05) is 5.69 Å². The number of anilines is 1. The minimum absolute atomic E-state index is 0.0258. The van der Waals surface area contributed by atoms with Crippen molar-refractivity contribution in [3.63, 3.8) is 0 Å². The second-order valence-corrected chi connectivity index (χ2v) is 5.95. The Morgan fingerprint density at radius 2 is 2.00 bits per heavy atom. The highest BCUT2D eigenvalue weighted by Gasteiger charge is 2.15. The first-order valence-electron chi connectivity index (χ1n) is 7.72. The molecule has 1 heterocycles. The number of benzene rings is 1. The van der Waals surface area contributed by atoms with Crippen LogP contribution in [0.4, 0.5) is 5.69 Å². The molecule has 0 spiro atoms. The Balaban J connectivity index is 2.28. The number of nitrogens with zero attached hydrogens (tertiary/aromatic N) is 3. The van der Waals surface area contributed by atoms with E-state index >= 15 is 0 Å². The lowest BCUT2D eigenvalue weighted by atomic mass is 10.0. The third-order valence-electron chi connectivity index (χ3n) is 3.90. The van der Waals surface area contributed by atoms with Gasteiger partial charge in [0.25, 0.3) is 5.56 Å². The second kappa shape index (κ2) is 7.09. The first-order chi connectivity index (χ1) is 11.3. The van der Waals surface area contributed by atoms with E-state index in [9.17, 15) is 9.59 Å². The number of carbonyl (C=O) groups excluding carboxylic acids is 1. The average Bonchev–Trinajstić information content (AvgIpc) is 2.53. The number of nitriles is 1. The van der Waals surface area contributed by atoms with Crippen molar-refractivity contribution >= 4 is 11.6 Å². The molecular weight excluding hydrogens is 304 g/mol. The fraction of sp³-hybridized carbons (Fsp3) is 0.333. The molecule has 1 aromatic heterocycles. The lowest BCUT2D eigenvalue weighted by molar-refractivity contribution is -0.117. The normalized spacial score (nSPS) is 10.5. The SMILES string of the molecule is Cc1nn(CC(=O)Nc2ccccc2C(C)C)c(=O)c(C#N)c1C. The number of nitrogens with one attached hydrogen (secondary N) is 1. The maximum absolute atomic E-state index is 12.3. The number of aryl methyl sites for hydroxylation is 1. The van der Waals surface area contributed by atoms with Gasteiger partial charge in [0.2, 0.25) is 5.91 Å². The van der Waals surface area contributed by atoms with E-state index in [4.69, 9.17) is 5.26 Å². The molecule has 1 N–H and O–H groups in total. The summed E-state index contributed by atoms with van der Waals surface area (Å²) < 4.78 is 1.04. The molecule has 0 saturated heterocycles. The summed E-state index contributed by atoms with van der Waals surface area (Å²) in [6.45, 7) is 7.23. The van der Waals surface area contributed by atoms with Gasteiger partial charge in [0.05, 0.1) is 5.69 Å². The number of hydrogen-bond acceptors (Lipinski definition) is 4. The molecule has 24 heavy (non-hydrogen) atoms. The monoisotopic (exact) mass is 324 g/mol. The Labute approximate surface area is 140 Å². The van der Waals surface area contributed by atoms with Crippen LogP contribution in [0.3, 0.4) is 0 Å². The van der Waals surface area contributed by atoms with E-state index in [1.165, 1.54) is 0 Å². The van der Waals surface area contributed by atoms with Crippen LogP contribution in [0.15, 0.2) is 29.1 Å². The Bertz CT molecular complexity index is 876. The van der Waals surface area contributed by atoms with E-state index in [1.807, 2.05) is 44.2 Å². The summed E-state index contributed by atoms with van der Waals surface area (Å²) in [6, 6.07) is 9.42. The number of rotatable bonds is 4. The quantitative estimate of drug-likeness (QED) is 0.936. The summed E-state index contributed by atoms with van der Waals surface area (Å²) >= 11 is 0. The van der Waals surface area contributed by atoms with E-state index < -0.39 is 5.56 Å². The van der Waals surface area contributed by atoms with Crippen LogP contribution in [0.1, 0.15) is 42.1 Å². The second-order valence-electron chi connectivity index (χ2n) is 5.95. The lowest BCUT2D eigenvalue weighted by Crippen LogP contribution is -2.32. The predicted octanol–water partition coefficient (Wildman–Crippen LogP) is 2.49. The smallest absolute Gasteiger partial charge is 0.285 e. The molecule has 0 unspecified atom stereocenters. The van der Waals surface area contributed by atoms with Crippen LogP contribution >= 0.6 is 0 Å². The van der Waals surface area contributed by atoms with Gasteiger partial charge in [-0.05, 0) is 37.0 Å². The first-order valence-corrected chi connectivity index (χ1v) is 7.72. The van der Waals surface area contributed by atoms with Crippen LogP contribution in [0.2, 0.25) is 0 Å². The van der Waals surface area contributed by atoms with Gasteiger partial charge in [0.15, 0.2) is 0 Å². The van der Waals surface area contributed by atoms with Crippen LogP contribution in [0, 0.1) is 25.2 Å². The molecule has 0 aliphatic heterocycles. The van der Waals surface area contributed by atoms with Crippen molar-refractivity contribution < 1.29 is 4.79 Å². The molecule has 0 atom stereocenters. The zero-order chi connectivity index (χ0) is 17.9. The van der Waals surface area contributed by atoms with Gasteiger partial charge in [-0.25, -0.2) is 4.68 Å². The van der Waals surface area contributed by atoms with E-state index in [-0.39, 0.29) is 23.9 Å². The minimum atomic E-state index is -0.548. The van der Waals surface area contributed by atoms with Gasteiger partial charge >= 0.3 is 0 Å². The van der Waals surface area contributed by atoms with Crippen LogP contribution in [0.5, 0.6) is 0 Å². The summed E-state index contributed by atoms with van der Waals surface area (Å²) in [4.78, 5) is 24.5. The molecule has 1 aromatic carbocycles. The van der Waals surface area contributed by atoms with Crippen molar-refractivity contribution in [3.8, 4) is 6.07 Å². The Morgan fingerprint density at radius 1 is 1.33 bits per heavy atom. The van der Waals surface area contributed by atoms with Crippen LogP contribution in [-0.4, -0.2) is 15.7 Å². The summed E-state index contributed by atoms with van der Waals surface area (Å²) in [5.74, 6) is -0.0981. The van der Waals surface area contributed by atoms with Crippen molar-refractivity contribution in [2.24, 2.45) is 0 Å². The van der Waals surface area contributed by atoms with Gasteiger partial charge in [-0.2, -0.15) is 10.4 Å². The maximum atomic E-state index is 12.3. The molecule has 2 aromatic rings. The van der Waals surface area contributed by atoms with Gasteiger partial charge in [-0.1, -0.05) is 32.0 Å². The van der Waals surface area contributed by atoms with Crippen molar-refractivity contribution in [3.05, 3.63) is 57.0 Å². The summed E-state index contributed by atoms with van der Waals surface area (Å²) in [6.07, 6.45) is 0. The highest BCUT2D eigenvalue weighted by Crippen LogP contribution is 2.23. The van der Waals surface area contributed by atoms with Gasteiger partial charge < -0.3 is 5.32 Å². The Morgan fingerprint density at radius 3 is 2.62 bits per heavy atom. The molecule has 0 aliphatic carbocycles. The molecule has 6 heteroatoms. The molecular formula is C18H20N4O2. The fourth-order valence-corrected chi connectivity index (χ4v) is 2.45. The summed E-state index contributed by atoms with van der Waals surface area (Å²) in [7, 11) is 0. The molecule has 1 amide bonds. The van der Waals surface area contributed by atoms with Gasteiger partial charge in [-0.3, -0.25) is 9.59 Å². The Kier molecular flexibility index (Phi) is 5.14. The highest BCUT2D eigenvalue weighted by atomic mass is 16.2. The summed E-state index contributed by atoms with van der Waals surface area (Å²) in [5.41, 5.74) is 2.32. The van der Waals surface area contributed by atoms with E-state index in [0.717, 1.165) is 15.9 Å². The zero-order valence-electron chi connectivity index (χ0n) is 14.3. The predicted molar refractivity (Wildman–Crippen MR) is 91.8 cm³/mol. The van der Waals surface area contributed by atoms with Crippen molar-refractivity contribution in [1.29, 1.82) is 5.26 Å². The standard InChI is InChI=1S/C18H20N4O2/c1-11(2)14-7-5-6-8-16(14)20-17(23)10-22-18(24)15(9-19)12(3)13(4)21-22/h5-8,11H,10H2,1-4H3,(H,20,23). The van der Waals surface area contributed by atoms with E-state index in [1.54, 1.807) is 13.8 Å². The van der Waals surface area contributed by atoms with E-state index in [2.05, 4.69) is 10.4 Å². The third kappa shape index (κ3) is 3.51. The number of aromatic nitrogens is 2. The van der Waals surface area contributed by atoms with Crippen LogP contribution < -0.4 is 10.9 Å². The fourth-order valence-electron chi connectivity index (χ4n) is 2.45. The lowest BCUT2D eigenvalue weighted by Gasteiger charge is -2.14. The highest BCUT2D eigenvalue weighted by molar-refractivity contribution is 5.91. The molecule has 0 fully saturated rings. The van der Waals surface area contributed by atoms with Crippen LogP contribution in [0.25, 0.3) is 0 Å². The zero-order valence-corrected chi connectivity index (χ0v) is 14.3. The maximum Gasteiger partial charge on any atom is 0.285 e. The number of hydrogen-bond donors (Lipinski definition) is 1. The third-order valence-corrected chi connectivity index (χ3v) is 3.90. The van der Waals surface area contributed by atoms with Gasteiger partial charge in [-0.15, -0.1) is 0 Å². The van der Waals surface area contributed by atoms with Crippen molar-refractivity contribution in [2.45, 2.75) is 40.2 Å². The molecule has 0 radical (unpaired) electrons. The van der Waals surface area contributed by atoms with Crippen molar-refractivity contribution in [2.75, 3.05) is 5.32 Å².